The zero-order chi connectivity index (χ0) is 24.5. The van der Waals surface area contributed by atoms with Crippen molar-refractivity contribution in [2.75, 3.05) is 16.4 Å². The van der Waals surface area contributed by atoms with Gasteiger partial charge < -0.3 is 16.4 Å². The zero-order valence-electron chi connectivity index (χ0n) is 19.7. The van der Waals surface area contributed by atoms with Crippen LogP contribution in [0.4, 0.5) is 17.2 Å². The molecule has 5 aromatic rings. The molecule has 174 valence electrons. The molecule has 5 rings (SSSR count). The van der Waals surface area contributed by atoms with E-state index in [2.05, 4.69) is 65.8 Å². The Hall–Kier alpha value is -4.23. The summed E-state index contributed by atoms with van der Waals surface area (Å²) >= 11 is 1.51. The number of pyridine rings is 1. The van der Waals surface area contributed by atoms with Gasteiger partial charge in [-0.1, -0.05) is 44.3 Å². The van der Waals surface area contributed by atoms with E-state index in [0.717, 1.165) is 61.7 Å². The normalized spacial score (nSPS) is 11.0. The summed E-state index contributed by atoms with van der Waals surface area (Å²) in [5.74, 6) is 0.480. The fourth-order valence-corrected chi connectivity index (χ4v) is 5.02. The van der Waals surface area contributed by atoms with Crippen LogP contribution in [0.2, 0.25) is 0 Å². The molecule has 0 radical (unpaired) electrons. The number of hydrogen-bond acceptors (Lipinski definition) is 7. The van der Waals surface area contributed by atoms with Crippen LogP contribution in [-0.2, 0) is 6.42 Å². The Bertz CT molecular complexity index is 1600. The molecule has 0 fully saturated rings. The number of rotatable bonds is 7. The van der Waals surface area contributed by atoms with Gasteiger partial charge in [-0.25, -0.2) is 15.0 Å². The number of thiophene rings is 1. The number of aryl methyl sites for hydroxylation is 2. The minimum atomic E-state index is 0.480. The molecule has 4 N–H and O–H groups in total. The number of nitrogen functional groups attached to an aromatic ring is 1. The molecule has 0 bridgehead atoms. The van der Waals surface area contributed by atoms with Crippen LogP contribution in [0.25, 0.3) is 32.5 Å². The van der Waals surface area contributed by atoms with Gasteiger partial charge in [0.15, 0.2) is 0 Å². The van der Waals surface area contributed by atoms with Gasteiger partial charge in [-0.15, -0.1) is 11.3 Å². The monoisotopic (exact) mass is 478 g/mol. The van der Waals surface area contributed by atoms with E-state index in [1.807, 2.05) is 35.7 Å². The molecule has 0 unspecified atom stereocenters. The van der Waals surface area contributed by atoms with Crippen LogP contribution >= 0.6 is 11.3 Å². The summed E-state index contributed by atoms with van der Waals surface area (Å²) in [5.41, 5.74) is 15.2. The van der Waals surface area contributed by atoms with Crippen LogP contribution in [0.3, 0.4) is 0 Å². The summed E-state index contributed by atoms with van der Waals surface area (Å²) in [7, 11) is 0. The number of aromatic nitrogens is 3. The summed E-state index contributed by atoms with van der Waals surface area (Å²) in [6, 6.07) is 16.5. The summed E-state index contributed by atoms with van der Waals surface area (Å²) in [4.78, 5) is 13.3. The number of anilines is 3. The number of nitrogens with one attached hydrogen (secondary N) is 2. The third-order valence-electron chi connectivity index (χ3n) is 6.02. The van der Waals surface area contributed by atoms with Crippen molar-refractivity contribution in [3.8, 4) is 0 Å². The summed E-state index contributed by atoms with van der Waals surface area (Å²) in [6.07, 6.45) is 2.41. The second-order valence-electron chi connectivity index (χ2n) is 8.36. The highest BCUT2D eigenvalue weighted by atomic mass is 32.1. The lowest BCUT2D eigenvalue weighted by molar-refractivity contribution is 1.14. The average molecular weight is 479 g/mol. The first kappa shape index (κ1) is 22.6. The topological polar surface area (TPSA) is 88.8 Å². The van der Waals surface area contributed by atoms with Gasteiger partial charge in [-0.3, -0.25) is 0 Å². The quantitative estimate of drug-likeness (QED) is 0.237. The van der Waals surface area contributed by atoms with E-state index in [0.29, 0.717) is 5.82 Å². The van der Waals surface area contributed by atoms with E-state index < -0.39 is 0 Å². The summed E-state index contributed by atoms with van der Waals surface area (Å²) in [6.45, 7) is 12.7. The summed E-state index contributed by atoms with van der Waals surface area (Å²) in [5, 5.41) is 10.1. The number of hydrogen-bond donors (Lipinski definition) is 3. The maximum absolute atomic E-state index is 6.00. The molecule has 35 heavy (non-hydrogen) atoms. The maximum atomic E-state index is 6.00. The fourth-order valence-electron chi connectivity index (χ4n) is 4.08. The minimum absolute atomic E-state index is 0.480. The van der Waals surface area contributed by atoms with E-state index in [4.69, 9.17) is 10.7 Å². The van der Waals surface area contributed by atoms with E-state index in [1.165, 1.54) is 28.6 Å². The Labute approximate surface area is 208 Å². The van der Waals surface area contributed by atoms with Gasteiger partial charge in [0.25, 0.3) is 0 Å². The Morgan fingerprint density at radius 2 is 1.86 bits per heavy atom. The minimum Gasteiger partial charge on any atom is -0.382 e. The van der Waals surface area contributed by atoms with Gasteiger partial charge in [-0.2, -0.15) is 0 Å². The molecule has 0 saturated carbocycles. The highest BCUT2D eigenvalue weighted by Gasteiger charge is 2.13. The van der Waals surface area contributed by atoms with Crippen molar-refractivity contribution in [2.45, 2.75) is 20.3 Å². The van der Waals surface area contributed by atoms with E-state index in [9.17, 15) is 0 Å². The average Bonchev–Trinajstić information content (AvgIpc) is 3.31. The van der Waals surface area contributed by atoms with Gasteiger partial charge in [0.1, 0.15) is 12.1 Å². The van der Waals surface area contributed by atoms with Crippen LogP contribution in [0.15, 0.2) is 73.4 Å². The highest BCUT2D eigenvalue weighted by Crippen LogP contribution is 2.33. The molecule has 0 spiro atoms. The Morgan fingerprint density at radius 3 is 2.69 bits per heavy atom. The number of nitrogens with zero attached hydrogens (tertiary/aromatic N) is 3. The molecule has 0 aliphatic rings. The Kier molecular flexibility index (Phi) is 5.93. The summed E-state index contributed by atoms with van der Waals surface area (Å²) < 4.78 is 0.864. The van der Waals surface area contributed by atoms with Crippen LogP contribution < -0.4 is 16.4 Å². The third-order valence-corrected chi connectivity index (χ3v) is 7.01. The molecular weight excluding hydrogens is 452 g/mol. The second-order valence-corrected chi connectivity index (χ2v) is 9.24. The van der Waals surface area contributed by atoms with Crippen LogP contribution in [0.1, 0.15) is 29.3 Å². The molecule has 7 heteroatoms. The third kappa shape index (κ3) is 4.34. The first-order valence-electron chi connectivity index (χ1n) is 11.3. The molecule has 6 nitrogen and oxygen atoms in total. The van der Waals surface area contributed by atoms with E-state index >= 15 is 0 Å². The van der Waals surface area contributed by atoms with E-state index in [-0.39, 0.29) is 0 Å². The predicted octanol–water partition coefficient (Wildman–Crippen LogP) is 6.86. The highest BCUT2D eigenvalue weighted by molar-refractivity contribution is 7.18. The van der Waals surface area contributed by atoms with Crippen molar-refractivity contribution in [1.82, 2.24) is 15.0 Å². The zero-order valence-corrected chi connectivity index (χ0v) is 20.5. The smallest absolute Gasteiger partial charge is 0.144 e. The molecule has 0 saturated heterocycles. The van der Waals surface area contributed by atoms with E-state index in [1.54, 1.807) is 0 Å². The molecule has 3 heterocycles. The van der Waals surface area contributed by atoms with Gasteiger partial charge in [0, 0.05) is 33.4 Å². The fraction of sp³-hybridized carbons (Fsp3) is 0.107. The lowest BCUT2D eigenvalue weighted by Gasteiger charge is -2.16. The first-order chi connectivity index (χ1) is 16.9. The van der Waals surface area contributed by atoms with Gasteiger partial charge in [0.05, 0.1) is 27.1 Å². The van der Waals surface area contributed by atoms with Crippen LogP contribution in [0.5, 0.6) is 0 Å². The van der Waals surface area contributed by atoms with Crippen LogP contribution in [-0.4, -0.2) is 15.0 Å². The Morgan fingerprint density at radius 1 is 1.03 bits per heavy atom. The molecule has 2 aromatic carbocycles. The molecule has 0 atom stereocenters. The maximum Gasteiger partial charge on any atom is 0.144 e. The second kappa shape index (κ2) is 9.19. The van der Waals surface area contributed by atoms with Gasteiger partial charge >= 0.3 is 0 Å². The predicted molar refractivity (Wildman–Crippen MR) is 149 cm³/mol. The SMILES string of the molecule is C=C(Nc1ccc(C)c(NC(=C)c2csc3c(N)ncnc23)c1)c1cc(CC)c2ccccc2n1. The van der Waals surface area contributed by atoms with Crippen molar-refractivity contribution in [2.24, 2.45) is 0 Å². The largest absolute Gasteiger partial charge is 0.382 e. The standard InChI is InChI=1S/C28H26N6S/c1-5-19-12-25(34-23-9-7-6-8-21(19)23)18(4)32-20-11-10-16(2)24(13-20)33-17(3)22-14-35-27-26(22)30-15-31-28(27)29/h6-15,32-33H,3-5H2,1-2H3,(H2,29,30,31). The van der Waals surface area contributed by atoms with Gasteiger partial charge in [-0.05, 0) is 48.7 Å². The molecule has 0 amide bonds. The van der Waals surface area contributed by atoms with Gasteiger partial charge in [0.2, 0.25) is 0 Å². The molecular formula is C28H26N6S. The molecule has 0 aliphatic carbocycles. The lowest BCUT2D eigenvalue weighted by Crippen LogP contribution is -2.04. The first-order valence-corrected chi connectivity index (χ1v) is 12.2. The number of benzene rings is 2. The lowest BCUT2D eigenvalue weighted by atomic mass is 10.0. The van der Waals surface area contributed by atoms with Crippen molar-refractivity contribution in [1.29, 1.82) is 0 Å². The Balaban J connectivity index is 1.39. The van der Waals surface area contributed by atoms with Crippen molar-refractivity contribution < 1.29 is 0 Å². The van der Waals surface area contributed by atoms with Crippen molar-refractivity contribution >= 4 is 61.0 Å². The van der Waals surface area contributed by atoms with Crippen molar-refractivity contribution in [3.63, 3.8) is 0 Å². The number of nitrogens with two attached hydrogens (primary N) is 1. The van der Waals surface area contributed by atoms with Crippen molar-refractivity contribution in [3.05, 3.63) is 95.8 Å². The van der Waals surface area contributed by atoms with Crippen LogP contribution in [0, 0.1) is 6.92 Å². The molecule has 0 aliphatic heterocycles. The molecule has 3 aromatic heterocycles. The number of para-hydroxylation sites is 1. The number of fused-ring (bicyclic) bond motifs is 2.